The molecule has 6 rings (SSSR count). The number of alkyl carbamates (subject to hydrolysis) is 1. The zero-order valence-corrected chi connectivity index (χ0v) is 34.8. The highest BCUT2D eigenvalue weighted by molar-refractivity contribution is 7.15. The highest BCUT2D eigenvalue weighted by Gasteiger charge is 2.39. The zero-order chi connectivity index (χ0) is 39.9. The summed E-state index contributed by atoms with van der Waals surface area (Å²) in [4.78, 5) is 67.2. The Bertz CT molecular complexity index is 1830. The minimum Gasteiger partial charge on any atom is -0.466 e. The number of esters is 1. The summed E-state index contributed by atoms with van der Waals surface area (Å²) in [6.07, 6.45) is 6.78. The van der Waals surface area contributed by atoms with Crippen LogP contribution in [0.5, 0.6) is 0 Å². The molecule has 2 aliphatic rings. The first-order valence-electron chi connectivity index (χ1n) is 19.8. The molecule has 0 unspecified atom stereocenters. The lowest BCUT2D eigenvalue weighted by atomic mass is 9.91. The lowest BCUT2D eigenvalue weighted by Gasteiger charge is -2.30. The second-order valence-corrected chi connectivity index (χ2v) is 17.2. The summed E-state index contributed by atoms with van der Waals surface area (Å²) >= 11 is 3.23. The van der Waals surface area contributed by atoms with Crippen molar-refractivity contribution in [2.24, 2.45) is 17.8 Å². The molecule has 0 saturated carbocycles. The Balaban J connectivity index is 1.10. The molecule has 3 amide bonds. The summed E-state index contributed by atoms with van der Waals surface area (Å²) in [7, 11) is 0. The topological polar surface area (TPSA) is 131 Å². The van der Waals surface area contributed by atoms with Crippen LogP contribution in [-0.2, 0) is 23.9 Å². The average molecular weight is 800 g/mol. The summed E-state index contributed by atoms with van der Waals surface area (Å²) in [6.45, 7) is 13.2. The number of rotatable bonds is 14. The minimum absolute atomic E-state index is 0.00682. The molecular weight excluding hydrogens is 747 g/mol. The van der Waals surface area contributed by atoms with Crippen LogP contribution in [0.25, 0.3) is 32.0 Å². The first-order valence-corrected chi connectivity index (χ1v) is 21.4. The number of likely N-dealkylation sites (tertiary alicyclic amines) is 2. The van der Waals surface area contributed by atoms with Gasteiger partial charge in [0.15, 0.2) is 0 Å². The molecule has 2 fully saturated rings. The fourth-order valence-corrected chi connectivity index (χ4v) is 9.73. The Morgan fingerprint density at radius 1 is 0.696 bits per heavy atom. The van der Waals surface area contributed by atoms with Crippen LogP contribution in [0.15, 0.2) is 60.9 Å². The fraction of sp³-hybridized carbons (Fsp3) is 0.488. The highest BCUT2D eigenvalue weighted by Crippen LogP contribution is 2.41. The number of aromatic nitrogens is 2. The van der Waals surface area contributed by atoms with Gasteiger partial charge in [-0.25, -0.2) is 14.8 Å². The predicted molar refractivity (Wildman–Crippen MR) is 220 cm³/mol. The van der Waals surface area contributed by atoms with E-state index in [1.165, 1.54) is 0 Å². The molecule has 56 heavy (non-hydrogen) atoms. The van der Waals surface area contributed by atoms with E-state index in [-0.39, 0.29) is 54.7 Å². The number of benzene rings is 2. The second kappa shape index (κ2) is 18.5. The maximum Gasteiger partial charge on any atom is 0.407 e. The summed E-state index contributed by atoms with van der Waals surface area (Å²) in [5, 5.41) is 4.59. The number of carbonyl (C=O) groups is 4. The van der Waals surface area contributed by atoms with E-state index in [9.17, 15) is 19.2 Å². The van der Waals surface area contributed by atoms with Gasteiger partial charge >= 0.3 is 12.1 Å². The van der Waals surface area contributed by atoms with Crippen molar-refractivity contribution in [1.29, 1.82) is 0 Å². The maximum absolute atomic E-state index is 13.7. The molecule has 1 N–H and O–H groups in total. The molecule has 0 bridgehead atoms. The van der Waals surface area contributed by atoms with E-state index in [1.54, 1.807) is 36.5 Å². The molecule has 4 atom stereocenters. The van der Waals surface area contributed by atoms with Crippen LogP contribution < -0.4 is 5.32 Å². The standard InChI is InChI=1S/C43H53N5O6S2/c1-7-53-37(49)23-32(26(3)4)41(50)47-21-9-11-33(47)39-44-24-35(55-39)30-17-13-28(14-18-30)29-15-19-31(20-16-29)36-25-45-40(56-36)34-12-10-22-48(34)42(51)38(27(5)6)46-43(52)54-8-2/h13-20,24-27,32-34,38H,7-12,21-23H2,1-6H3,(H,46,52)/t32-,33+,34+,38-/m1/s1. The number of amides is 3. The Hall–Kier alpha value is -4.62. The van der Waals surface area contributed by atoms with Crippen molar-refractivity contribution in [2.75, 3.05) is 26.3 Å². The van der Waals surface area contributed by atoms with Crippen molar-refractivity contribution in [3.05, 3.63) is 70.9 Å². The number of hydrogen-bond acceptors (Lipinski definition) is 10. The summed E-state index contributed by atoms with van der Waals surface area (Å²) in [5.41, 5.74) is 4.32. The van der Waals surface area contributed by atoms with Crippen molar-refractivity contribution < 1.29 is 28.7 Å². The summed E-state index contributed by atoms with van der Waals surface area (Å²) < 4.78 is 10.2. The molecule has 0 radical (unpaired) electrons. The molecule has 0 spiro atoms. The Morgan fingerprint density at radius 3 is 1.61 bits per heavy atom. The van der Waals surface area contributed by atoms with E-state index >= 15 is 0 Å². The van der Waals surface area contributed by atoms with Gasteiger partial charge in [0.2, 0.25) is 11.8 Å². The van der Waals surface area contributed by atoms with Gasteiger partial charge in [-0.2, -0.15) is 0 Å². The van der Waals surface area contributed by atoms with Crippen LogP contribution in [-0.4, -0.2) is 76.0 Å². The minimum atomic E-state index is -0.663. The van der Waals surface area contributed by atoms with E-state index < -0.39 is 18.1 Å². The molecule has 4 heterocycles. The molecule has 2 aliphatic heterocycles. The van der Waals surface area contributed by atoms with E-state index in [0.717, 1.165) is 67.7 Å². The molecule has 2 aromatic heterocycles. The predicted octanol–water partition coefficient (Wildman–Crippen LogP) is 8.92. The highest BCUT2D eigenvalue weighted by atomic mass is 32.1. The molecule has 0 aliphatic carbocycles. The van der Waals surface area contributed by atoms with Crippen LogP contribution in [0.3, 0.4) is 0 Å². The smallest absolute Gasteiger partial charge is 0.407 e. The van der Waals surface area contributed by atoms with Crippen LogP contribution in [0.1, 0.15) is 95.7 Å². The lowest BCUT2D eigenvalue weighted by molar-refractivity contribution is -0.150. The van der Waals surface area contributed by atoms with E-state index in [4.69, 9.17) is 19.4 Å². The molecule has 298 valence electrons. The normalized spacial score (nSPS) is 18.0. The lowest BCUT2D eigenvalue weighted by Crippen LogP contribution is -2.51. The first-order chi connectivity index (χ1) is 27.0. The van der Waals surface area contributed by atoms with Crippen LogP contribution in [0.4, 0.5) is 4.79 Å². The van der Waals surface area contributed by atoms with Gasteiger partial charge in [0.1, 0.15) is 16.1 Å². The Kier molecular flexibility index (Phi) is 13.6. The monoisotopic (exact) mass is 799 g/mol. The van der Waals surface area contributed by atoms with Crippen LogP contribution in [0.2, 0.25) is 0 Å². The Labute approximate surface area is 337 Å². The number of carbonyl (C=O) groups excluding carboxylic acids is 4. The summed E-state index contributed by atoms with van der Waals surface area (Å²) in [6, 6.07) is 16.0. The fourth-order valence-electron chi connectivity index (χ4n) is 7.59. The van der Waals surface area contributed by atoms with E-state index in [2.05, 4.69) is 53.8 Å². The number of nitrogens with zero attached hydrogens (tertiary/aromatic N) is 4. The maximum atomic E-state index is 13.7. The molecule has 2 aromatic carbocycles. The SMILES string of the molecule is CCOC(=O)C[C@@H](C(=O)N1CCC[C@H]1c1ncc(-c2ccc(-c3ccc(-c4cnc([C@@H]5CCCN5C(=O)[C@H](NC(=O)OCC)C(C)C)s4)cc3)cc2)s1)C(C)C. The first kappa shape index (κ1) is 41.0. The summed E-state index contributed by atoms with van der Waals surface area (Å²) in [5.74, 6) is -0.902. The number of thiazole rings is 2. The third-order valence-corrected chi connectivity index (χ3v) is 13.0. The second-order valence-electron chi connectivity index (χ2n) is 15.1. The van der Waals surface area contributed by atoms with Gasteiger partial charge in [-0.15, -0.1) is 22.7 Å². The van der Waals surface area contributed by atoms with Crippen molar-refractivity contribution in [2.45, 2.75) is 91.8 Å². The van der Waals surface area contributed by atoms with Crippen molar-refractivity contribution in [3.8, 4) is 32.0 Å². The van der Waals surface area contributed by atoms with Gasteiger partial charge in [0.25, 0.3) is 0 Å². The van der Waals surface area contributed by atoms with Gasteiger partial charge in [-0.05, 0) is 73.6 Å². The molecule has 13 heteroatoms. The average Bonchev–Trinajstić information content (AvgIpc) is 4.02. The van der Waals surface area contributed by atoms with Crippen LogP contribution in [0, 0.1) is 17.8 Å². The van der Waals surface area contributed by atoms with Crippen LogP contribution >= 0.6 is 22.7 Å². The molecular formula is C43H53N5O6S2. The number of nitrogens with one attached hydrogen (secondary N) is 1. The van der Waals surface area contributed by atoms with Crippen molar-refractivity contribution >= 4 is 46.6 Å². The third-order valence-electron chi connectivity index (χ3n) is 10.7. The number of hydrogen-bond donors (Lipinski definition) is 1. The molecule has 2 saturated heterocycles. The molecule has 11 nitrogen and oxygen atoms in total. The quantitative estimate of drug-likeness (QED) is 0.125. The third kappa shape index (κ3) is 9.32. The van der Waals surface area contributed by atoms with E-state index in [0.29, 0.717) is 19.7 Å². The van der Waals surface area contributed by atoms with Gasteiger partial charge in [0.05, 0.1) is 47.4 Å². The Morgan fingerprint density at radius 2 is 1.16 bits per heavy atom. The zero-order valence-electron chi connectivity index (χ0n) is 33.2. The van der Waals surface area contributed by atoms with Crippen molar-refractivity contribution in [1.82, 2.24) is 25.1 Å². The molecule has 4 aromatic rings. The van der Waals surface area contributed by atoms with E-state index in [1.807, 2.05) is 49.9 Å². The van der Waals surface area contributed by atoms with Crippen molar-refractivity contribution in [3.63, 3.8) is 0 Å². The van der Waals surface area contributed by atoms with Gasteiger partial charge in [0, 0.05) is 25.5 Å². The largest absolute Gasteiger partial charge is 0.466 e. The van der Waals surface area contributed by atoms with Gasteiger partial charge in [-0.1, -0.05) is 76.2 Å². The number of ether oxygens (including phenoxy) is 2. The van der Waals surface area contributed by atoms with Gasteiger partial charge in [-0.3, -0.25) is 14.4 Å². The van der Waals surface area contributed by atoms with Gasteiger partial charge < -0.3 is 24.6 Å².